The highest BCUT2D eigenvalue weighted by atomic mass is 32.2. The molecular formula is C17H26N4OS. The normalized spacial score (nSPS) is 23.7. The highest BCUT2D eigenvalue weighted by molar-refractivity contribution is 8.00. The summed E-state index contributed by atoms with van der Waals surface area (Å²) in [5, 5.41) is 12.9. The second-order valence-corrected chi connectivity index (χ2v) is 8.63. The molecule has 0 bridgehead atoms. The summed E-state index contributed by atoms with van der Waals surface area (Å²) in [6.45, 7) is 1.99. The Morgan fingerprint density at radius 1 is 1.13 bits per heavy atom. The summed E-state index contributed by atoms with van der Waals surface area (Å²) in [6.07, 6.45) is 11.0. The molecule has 0 spiro atoms. The molecular weight excluding hydrogens is 308 g/mol. The minimum atomic E-state index is -0.106. The van der Waals surface area contributed by atoms with E-state index in [0.717, 1.165) is 23.8 Å². The van der Waals surface area contributed by atoms with Crippen LogP contribution in [0.2, 0.25) is 0 Å². The molecule has 3 aliphatic rings. The number of carbonyl (C=O) groups is 1. The molecule has 126 valence electrons. The Morgan fingerprint density at radius 2 is 1.87 bits per heavy atom. The van der Waals surface area contributed by atoms with Gasteiger partial charge in [0.25, 0.3) is 0 Å². The van der Waals surface area contributed by atoms with Crippen LogP contribution in [-0.4, -0.2) is 32.0 Å². The zero-order chi connectivity index (χ0) is 15.8. The number of carbonyl (C=O) groups excluding carboxylic acids is 1. The van der Waals surface area contributed by atoms with Gasteiger partial charge in [0.05, 0.1) is 5.25 Å². The fourth-order valence-corrected chi connectivity index (χ4v) is 4.38. The third-order valence-electron chi connectivity index (χ3n) is 5.15. The van der Waals surface area contributed by atoms with E-state index in [2.05, 4.69) is 20.1 Å². The molecule has 5 nitrogen and oxygen atoms in total. The molecule has 0 aliphatic heterocycles. The maximum atomic E-state index is 12.5. The van der Waals surface area contributed by atoms with Crippen LogP contribution in [0.15, 0.2) is 5.16 Å². The number of rotatable bonds is 6. The molecule has 3 saturated carbocycles. The van der Waals surface area contributed by atoms with Gasteiger partial charge in [0.15, 0.2) is 5.16 Å². The van der Waals surface area contributed by atoms with Crippen molar-refractivity contribution in [2.75, 3.05) is 0 Å². The standard InChI is InChI=1S/C17H26N4OS/c1-11(16(22)18-13-5-3-2-4-6-13)23-17-20-19-15(12-7-8-12)21(17)14-9-10-14/h11-14H,2-10H2,1H3,(H,18,22)/t11-/m1/s1. The first-order valence-corrected chi connectivity index (χ1v) is 10.0. The zero-order valence-corrected chi connectivity index (χ0v) is 14.6. The van der Waals surface area contributed by atoms with Crippen LogP contribution < -0.4 is 5.32 Å². The van der Waals surface area contributed by atoms with Crippen molar-refractivity contribution in [2.45, 2.75) is 93.1 Å². The molecule has 1 amide bonds. The van der Waals surface area contributed by atoms with Gasteiger partial charge in [-0.15, -0.1) is 10.2 Å². The summed E-state index contributed by atoms with van der Waals surface area (Å²) in [7, 11) is 0. The average molecular weight is 334 g/mol. The highest BCUT2D eigenvalue weighted by Crippen LogP contribution is 2.46. The van der Waals surface area contributed by atoms with Crippen molar-refractivity contribution < 1.29 is 4.79 Å². The van der Waals surface area contributed by atoms with Crippen molar-refractivity contribution in [1.29, 1.82) is 0 Å². The first-order valence-electron chi connectivity index (χ1n) is 9.14. The van der Waals surface area contributed by atoms with Crippen molar-refractivity contribution in [2.24, 2.45) is 0 Å². The quantitative estimate of drug-likeness (QED) is 0.810. The highest BCUT2D eigenvalue weighted by Gasteiger charge is 2.37. The number of hydrogen-bond donors (Lipinski definition) is 1. The number of hydrogen-bond acceptors (Lipinski definition) is 4. The van der Waals surface area contributed by atoms with Crippen LogP contribution in [-0.2, 0) is 4.79 Å². The van der Waals surface area contributed by atoms with Gasteiger partial charge in [-0.25, -0.2) is 0 Å². The van der Waals surface area contributed by atoms with Crippen molar-refractivity contribution in [3.05, 3.63) is 5.82 Å². The molecule has 1 atom stereocenters. The topological polar surface area (TPSA) is 59.8 Å². The molecule has 1 aromatic heterocycles. The maximum Gasteiger partial charge on any atom is 0.233 e. The molecule has 4 rings (SSSR count). The van der Waals surface area contributed by atoms with Crippen LogP contribution in [0.5, 0.6) is 0 Å². The second-order valence-electron chi connectivity index (χ2n) is 7.32. The molecule has 3 aliphatic carbocycles. The summed E-state index contributed by atoms with van der Waals surface area (Å²) in [6, 6.07) is 0.958. The molecule has 23 heavy (non-hydrogen) atoms. The Labute approximate surface area is 142 Å². The molecule has 3 fully saturated rings. The predicted octanol–water partition coefficient (Wildman–Crippen LogP) is 3.42. The third kappa shape index (κ3) is 3.57. The molecule has 0 unspecified atom stereocenters. The van der Waals surface area contributed by atoms with Gasteiger partial charge in [0.1, 0.15) is 5.82 Å². The van der Waals surface area contributed by atoms with Crippen molar-refractivity contribution in [3.63, 3.8) is 0 Å². The Bertz CT molecular complexity index is 573. The maximum absolute atomic E-state index is 12.5. The van der Waals surface area contributed by atoms with Crippen LogP contribution in [0.1, 0.15) is 82.5 Å². The van der Waals surface area contributed by atoms with Gasteiger partial charge < -0.3 is 9.88 Å². The fraction of sp³-hybridized carbons (Fsp3) is 0.824. The SMILES string of the molecule is C[C@@H](Sc1nnc(C2CC2)n1C1CC1)C(=O)NC1CCCCC1. The van der Waals surface area contributed by atoms with E-state index in [9.17, 15) is 4.79 Å². The smallest absolute Gasteiger partial charge is 0.233 e. The van der Waals surface area contributed by atoms with E-state index >= 15 is 0 Å². The van der Waals surface area contributed by atoms with Gasteiger partial charge in [-0.1, -0.05) is 31.0 Å². The van der Waals surface area contributed by atoms with Gasteiger partial charge in [-0.2, -0.15) is 0 Å². The van der Waals surface area contributed by atoms with Crippen molar-refractivity contribution >= 4 is 17.7 Å². The van der Waals surface area contributed by atoms with E-state index in [1.807, 2.05) is 6.92 Å². The Kier molecular flexibility index (Phi) is 4.35. The molecule has 6 heteroatoms. The van der Waals surface area contributed by atoms with Crippen molar-refractivity contribution in [1.82, 2.24) is 20.1 Å². The molecule has 0 radical (unpaired) electrons. The minimum absolute atomic E-state index is 0.106. The summed E-state index contributed by atoms with van der Waals surface area (Å²) in [5.74, 6) is 1.93. The van der Waals surface area contributed by atoms with E-state index in [0.29, 0.717) is 18.0 Å². The lowest BCUT2D eigenvalue weighted by atomic mass is 9.95. The van der Waals surface area contributed by atoms with E-state index in [-0.39, 0.29) is 11.2 Å². The van der Waals surface area contributed by atoms with E-state index in [1.54, 1.807) is 11.8 Å². The van der Waals surface area contributed by atoms with Crippen LogP contribution in [0.25, 0.3) is 0 Å². The number of aromatic nitrogens is 3. The second kappa shape index (κ2) is 6.46. The van der Waals surface area contributed by atoms with E-state index in [4.69, 9.17) is 0 Å². The zero-order valence-electron chi connectivity index (χ0n) is 13.8. The van der Waals surface area contributed by atoms with Gasteiger partial charge in [0.2, 0.25) is 5.91 Å². The monoisotopic (exact) mass is 334 g/mol. The number of thioether (sulfide) groups is 1. The Balaban J connectivity index is 1.39. The van der Waals surface area contributed by atoms with Crippen LogP contribution in [0.3, 0.4) is 0 Å². The molecule has 1 heterocycles. The number of amides is 1. The summed E-state index contributed by atoms with van der Waals surface area (Å²) in [4.78, 5) is 12.5. The largest absolute Gasteiger partial charge is 0.352 e. The van der Waals surface area contributed by atoms with Gasteiger partial charge in [-0.3, -0.25) is 4.79 Å². The first kappa shape index (κ1) is 15.5. The molecule has 1 aromatic rings. The lowest BCUT2D eigenvalue weighted by Crippen LogP contribution is -2.40. The number of nitrogens with zero attached hydrogens (tertiary/aromatic N) is 3. The number of nitrogens with one attached hydrogen (secondary N) is 1. The van der Waals surface area contributed by atoms with Gasteiger partial charge in [-0.05, 0) is 45.4 Å². The van der Waals surface area contributed by atoms with Crippen LogP contribution in [0, 0.1) is 0 Å². The summed E-state index contributed by atoms with van der Waals surface area (Å²) >= 11 is 1.58. The lowest BCUT2D eigenvalue weighted by molar-refractivity contribution is -0.121. The van der Waals surface area contributed by atoms with Crippen LogP contribution >= 0.6 is 11.8 Å². The predicted molar refractivity (Wildman–Crippen MR) is 90.6 cm³/mol. The molecule has 1 N–H and O–H groups in total. The van der Waals surface area contributed by atoms with E-state index in [1.165, 1.54) is 44.9 Å². The average Bonchev–Trinajstić information content (AvgIpc) is 3.47. The molecule has 0 aromatic carbocycles. The van der Waals surface area contributed by atoms with E-state index < -0.39 is 0 Å². The minimum Gasteiger partial charge on any atom is -0.352 e. The van der Waals surface area contributed by atoms with Crippen molar-refractivity contribution in [3.8, 4) is 0 Å². The summed E-state index contributed by atoms with van der Waals surface area (Å²) < 4.78 is 2.33. The third-order valence-corrected chi connectivity index (χ3v) is 6.21. The Morgan fingerprint density at radius 3 is 2.52 bits per heavy atom. The Hall–Kier alpha value is -1.04. The van der Waals surface area contributed by atoms with Gasteiger partial charge >= 0.3 is 0 Å². The van der Waals surface area contributed by atoms with Gasteiger partial charge in [0, 0.05) is 18.0 Å². The summed E-state index contributed by atoms with van der Waals surface area (Å²) in [5.41, 5.74) is 0. The fourth-order valence-electron chi connectivity index (χ4n) is 3.44. The first-order chi connectivity index (χ1) is 11.2. The van der Waals surface area contributed by atoms with Crippen LogP contribution in [0.4, 0.5) is 0 Å². The molecule has 0 saturated heterocycles. The lowest BCUT2D eigenvalue weighted by Gasteiger charge is -2.24.